The van der Waals surface area contributed by atoms with Crippen molar-refractivity contribution in [2.24, 2.45) is 0 Å². The number of aliphatic hydroxyl groups is 1. The molecule has 1 nitrogen and oxygen atoms in total. The molecule has 1 aromatic carbocycles. The van der Waals surface area contributed by atoms with Crippen molar-refractivity contribution in [2.45, 2.75) is 25.7 Å². The van der Waals surface area contributed by atoms with Gasteiger partial charge in [0.2, 0.25) is 0 Å². The van der Waals surface area contributed by atoms with E-state index in [2.05, 4.69) is 32.0 Å². The largest absolute Gasteiger partial charge is 0.384 e. The summed E-state index contributed by atoms with van der Waals surface area (Å²) < 4.78 is 0. The van der Waals surface area contributed by atoms with Gasteiger partial charge in [0, 0.05) is 0 Å². The average Bonchev–Trinajstić information content (AvgIpc) is 2.27. The quantitative estimate of drug-likeness (QED) is 0.633. The lowest BCUT2D eigenvalue weighted by Crippen LogP contribution is -2.30. The summed E-state index contributed by atoms with van der Waals surface area (Å²) in [6.45, 7) is 10.2. The Labute approximate surface area is 105 Å². The maximum Gasteiger partial charge on any atom is 0.0971 e. The van der Waals surface area contributed by atoms with Crippen LogP contribution in [0.1, 0.15) is 5.56 Å². The minimum absolute atomic E-state index is 0.570. The normalized spacial score (nSPS) is 13.4. The summed E-state index contributed by atoms with van der Waals surface area (Å²) in [5, 5.41) is 11.1. The fourth-order valence-electron chi connectivity index (χ4n) is 1.68. The summed E-state index contributed by atoms with van der Waals surface area (Å²) in [6.07, 6.45) is 3.17. The first-order valence-corrected chi connectivity index (χ1v) is 9.27. The van der Waals surface area contributed by atoms with Crippen molar-refractivity contribution in [3.8, 4) is 0 Å². The molecule has 1 unspecified atom stereocenters. The molecule has 0 aliphatic rings. The van der Waals surface area contributed by atoms with Gasteiger partial charge in [-0.3, -0.25) is 0 Å². The molecule has 0 spiro atoms. The average molecular weight is 244 g/mol. The molecule has 0 fully saturated rings. The molecule has 0 aliphatic carbocycles. The highest BCUT2D eigenvalue weighted by Crippen LogP contribution is 2.18. The van der Waals surface area contributed by atoms with Crippen LogP contribution in [-0.2, 0) is 0 Å². The summed E-state index contributed by atoms with van der Waals surface area (Å²) in [5.74, 6) is 0. The zero-order valence-corrected chi connectivity index (χ0v) is 11.8. The van der Waals surface area contributed by atoms with Crippen LogP contribution in [0.2, 0.25) is 19.6 Å². The Morgan fingerprint density at radius 1 is 1.29 bits per heavy atom. The van der Waals surface area contributed by atoms with Gasteiger partial charge in [0.1, 0.15) is 0 Å². The van der Waals surface area contributed by atoms with E-state index in [0.717, 1.165) is 10.8 Å². The van der Waals surface area contributed by atoms with E-state index in [1.807, 2.05) is 36.4 Å². The second kappa shape index (κ2) is 5.83. The Kier molecular flexibility index (Phi) is 4.70. The number of rotatable bonds is 4. The van der Waals surface area contributed by atoms with Gasteiger partial charge in [0.25, 0.3) is 0 Å². The highest BCUT2D eigenvalue weighted by Gasteiger charge is 2.23. The molecule has 17 heavy (non-hydrogen) atoms. The molecule has 0 aliphatic heterocycles. The number of hydrogen-bond acceptors (Lipinski definition) is 1. The molecule has 0 saturated heterocycles. The van der Waals surface area contributed by atoms with E-state index in [-0.39, 0.29) is 0 Å². The maximum atomic E-state index is 10.1. The zero-order chi connectivity index (χ0) is 12.9. The molecule has 90 valence electrons. The second-order valence-corrected chi connectivity index (χ2v) is 10.1. The van der Waals surface area contributed by atoms with Crippen molar-refractivity contribution in [2.75, 3.05) is 0 Å². The van der Waals surface area contributed by atoms with Crippen molar-refractivity contribution in [1.29, 1.82) is 0 Å². The van der Waals surface area contributed by atoms with Gasteiger partial charge in [-0.05, 0) is 10.8 Å². The van der Waals surface area contributed by atoms with Gasteiger partial charge >= 0.3 is 0 Å². The predicted molar refractivity (Wildman–Crippen MR) is 77.5 cm³/mol. The van der Waals surface area contributed by atoms with E-state index in [0.29, 0.717) is 0 Å². The topological polar surface area (TPSA) is 20.2 Å². The highest BCUT2D eigenvalue weighted by molar-refractivity contribution is 6.83. The van der Waals surface area contributed by atoms with E-state index in [4.69, 9.17) is 0 Å². The van der Waals surface area contributed by atoms with Crippen molar-refractivity contribution in [3.05, 3.63) is 59.5 Å². The van der Waals surface area contributed by atoms with Crippen LogP contribution in [0.15, 0.2) is 53.9 Å². The minimum Gasteiger partial charge on any atom is -0.384 e. The lowest BCUT2D eigenvalue weighted by molar-refractivity contribution is 0.267. The maximum absolute atomic E-state index is 10.1. The first kappa shape index (κ1) is 13.7. The highest BCUT2D eigenvalue weighted by atomic mass is 28.3. The molecule has 0 bridgehead atoms. The number of aliphatic hydroxyl groups excluding tert-OH is 1. The summed E-state index contributed by atoms with van der Waals surface area (Å²) in [6, 6.07) is 9.96. The molecule has 1 aromatic rings. The Bertz CT molecular complexity index is 434. The van der Waals surface area contributed by atoms with Crippen molar-refractivity contribution >= 4 is 14.1 Å². The summed E-state index contributed by atoms with van der Waals surface area (Å²) in [4.78, 5) is 0. The van der Waals surface area contributed by atoms with Crippen LogP contribution in [0.3, 0.4) is 0 Å². The lowest BCUT2D eigenvalue weighted by Gasteiger charge is -2.21. The Hall–Kier alpha value is -1.34. The van der Waals surface area contributed by atoms with Gasteiger partial charge in [-0.1, -0.05) is 68.7 Å². The van der Waals surface area contributed by atoms with Crippen LogP contribution in [-0.4, -0.2) is 19.3 Å². The van der Waals surface area contributed by atoms with Crippen LogP contribution in [0.25, 0.3) is 6.08 Å². The molecular formula is C15H20OSi. The van der Waals surface area contributed by atoms with Gasteiger partial charge in [-0.25, -0.2) is 0 Å². The number of benzene rings is 1. The summed E-state index contributed by atoms with van der Waals surface area (Å²) in [5.41, 5.74) is 3.99. The second-order valence-electron chi connectivity index (χ2n) is 5.06. The van der Waals surface area contributed by atoms with Crippen molar-refractivity contribution in [1.82, 2.24) is 0 Å². The van der Waals surface area contributed by atoms with Crippen LogP contribution in [0, 0.1) is 0 Å². The molecule has 0 aromatic heterocycles. The Balaban J connectivity index is 2.83. The molecular weight excluding hydrogens is 224 g/mol. The van der Waals surface area contributed by atoms with E-state index in [1.165, 1.54) is 0 Å². The minimum atomic E-state index is -1.55. The molecule has 0 heterocycles. The van der Waals surface area contributed by atoms with Gasteiger partial charge in [0.05, 0.1) is 14.2 Å². The van der Waals surface area contributed by atoms with E-state index in [1.54, 1.807) is 6.08 Å². The molecule has 1 atom stereocenters. The van der Waals surface area contributed by atoms with E-state index < -0.39 is 14.2 Å². The monoisotopic (exact) mass is 244 g/mol. The first-order valence-electron chi connectivity index (χ1n) is 5.77. The van der Waals surface area contributed by atoms with Gasteiger partial charge in [0.15, 0.2) is 0 Å². The third-order valence-corrected chi connectivity index (χ3v) is 4.65. The zero-order valence-electron chi connectivity index (χ0n) is 10.8. The molecule has 1 rings (SSSR count). The third-order valence-electron chi connectivity index (χ3n) is 2.56. The summed E-state index contributed by atoms with van der Waals surface area (Å²) in [7, 11) is -1.55. The molecule has 0 radical (unpaired) electrons. The molecule has 0 amide bonds. The third kappa shape index (κ3) is 4.20. The Morgan fingerprint density at radius 3 is 2.35 bits per heavy atom. The van der Waals surface area contributed by atoms with Crippen LogP contribution in [0.5, 0.6) is 0 Å². The van der Waals surface area contributed by atoms with Crippen LogP contribution >= 0.6 is 0 Å². The van der Waals surface area contributed by atoms with Crippen molar-refractivity contribution < 1.29 is 5.11 Å². The van der Waals surface area contributed by atoms with E-state index in [9.17, 15) is 5.11 Å². The SMILES string of the molecule is C=C=C(C(O)/C=C/c1ccccc1)[Si](C)(C)C. The Morgan fingerprint density at radius 2 is 1.88 bits per heavy atom. The first-order chi connectivity index (χ1) is 7.95. The molecule has 2 heteroatoms. The van der Waals surface area contributed by atoms with Crippen molar-refractivity contribution in [3.63, 3.8) is 0 Å². The number of hydrogen-bond donors (Lipinski definition) is 1. The van der Waals surface area contributed by atoms with Crippen LogP contribution < -0.4 is 0 Å². The lowest BCUT2D eigenvalue weighted by atomic mass is 10.2. The fourth-order valence-corrected chi connectivity index (χ4v) is 3.19. The molecule has 0 saturated carbocycles. The van der Waals surface area contributed by atoms with Gasteiger partial charge in [-0.2, -0.15) is 0 Å². The standard InChI is InChI=1S/C15H20OSi/c1-5-15(17(2,3)4)14(16)12-11-13-9-7-6-8-10-13/h6-12,14,16H,1H2,2-4H3/b12-11+. The fraction of sp³-hybridized carbons (Fsp3) is 0.267. The van der Waals surface area contributed by atoms with Crippen LogP contribution in [0.4, 0.5) is 0 Å². The molecule has 1 N–H and O–H groups in total. The van der Waals surface area contributed by atoms with Gasteiger partial charge < -0.3 is 5.11 Å². The predicted octanol–water partition coefficient (Wildman–Crippen LogP) is 3.65. The van der Waals surface area contributed by atoms with E-state index >= 15 is 0 Å². The summed E-state index contributed by atoms with van der Waals surface area (Å²) >= 11 is 0. The smallest absolute Gasteiger partial charge is 0.0971 e. The van der Waals surface area contributed by atoms with Gasteiger partial charge in [-0.15, -0.1) is 5.73 Å².